The highest BCUT2D eigenvalue weighted by molar-refractivity contribution is 14.1. The van der Waals surface area contributed by atoms with Crippen LogP contribution >= 0.6 is 50.1 Å². The van der Waals surface area contributed by atoms with Gasteiger partial charge in [0.05, 0.1) is 5.02 Å². The van der Waals surface area contributed by atoms with E-state index in [1.54, 1.807) is 18.2 Å². The largest absolute Gasteiger partial charge is 0.351 e. The first-order chi connectivity index (χ1) is 6.65. The lowest BCUT2D eigenvalue weighted by Crippen LogP contribution is -2.25. The van der Waals surface area contributed by atoms with Gasteiger partial charge in [0.2, 0.25) is 0 Å². The van der Waals surface area contributed by atoms with Gasteiger partial charge in [0.25, 0.3) is 5.91 Å². The van der Waals surface area contributed by atoms with E-state index in [1.165, 1.54) is 0 Å². The van der Waals surface area contributed by atoms with E-state index in [2.05, 4.69) is 43.8 Å². The van der Waals surface area contributed by atoms with Gasteiger partial charge in [-0.05, 0) is 34.1 Å². The van der Waals surface area contributed by atoms with Crippen molar-refractivity contribution in [2.45, 2.75) is 0 Å². The van der Waals surface area contributed by atoms with Crippen LogP contribution in [-0.4, -0.2) is 16.9 Å². The fraction of sp³-hybridized carbons (Fsp3) is 0.222. The third-order valence-corrected chi connectivity index (χ3v) is 3.32. The minimum absolute atomic E-state index is 0.0703. The second-order valence-electron chi connectivity index (χ2n) is 2.57. The molecular formula is C9H8BrClINO. The minimum atomic E-state index is -0.0703. The Morgan fingerprint density at radius 1 is 1.57 bits per heavy atom. The summed E-state index contributed by atoms with van der Waals surface area (Å²) in [5.74, 6) is -0.0703. The number of hydrogen-bond acceptors (Lipinski definition) is 1. The van der Waals surface area contributed by atoms with E-state index in [0.717, 1.165) is 8.90 Å². The highest BCUT2D eigenvalue weighted by Gasteiger charge is 2.06. The number of carbonyl (C=O) groups excluding carboxylic acids is 1. The second-order valence-corrected chi connectivity index (χ2v) is 4.91. The van der Waals surface area contributed by atoms with Crippen molar-refractivity contribution in [2.24, 2.45) is 0 Å². The zero-order chi connectivity index (χ0) is 10.6. The summed E-state index contributed by atoms with van der Waals surface area (Å²) in [6.07, 6.45) is 0. The van der Waals surface area contributed by atoms with E-state index >= 15 is 0 Å². The molecular weight excluding hydrogens is 380 g/mol. The molecule has 0 saturated heterocycles. The molecule has 1 aromatic rings. The van der Waals surface area contributed by atoms with Gasteiger partial charge in [0.1, 0.15) is 0 Å². The van der Waals surface area contributed by atoms with Gasteiger partial charge in [-0.2, -0.15) is 0 Å². The topological polar surface area (TPSA) is 29.1 Å². The van der Waals surface area contributed by atoms with E-state index in [0.29, 0.717) is 17.1 Å². The van der Waals surface area contributed by atoms with Crippen LogP contribution in [-0.2, 0) is 0 Å². The molecule has 0 heterocycles. The number of alkyl halides is 1. The Hall–Kier alpha value is 0.190. The van der Waals surface area contributed by atoms with Crippen LogP contribution in [0, 0.1) is 0 Å². The quantitative estimate of drug-likeness (QED) is 0.625. The highest BCUT2D eigenvalue weighted by Crippen LogP contribution is 2.23. The van der Waals surface area contributed by atoms with Crippen LogP contribution in [0.1, 0.15) is 10.4 Å². The Labute approximate surface area is 110 Å². The molecule has 5 heteroatoms. The van der Waals surface area contributed by atoms with Gasteiger partial charge in [-0.3, -0.25) is 4.79 Å². The maximum Gasteiger partial charge on any atom is 0.251 e. The molecule has 0 atom stereocenters. The van der Waals surface area contributed by atoms with Crippen LogP contribution in [0.4, 0.5) is 0 Å². The molecule has 0 aromatic heterocycles. The smallest absolute Gasteiger partial charge is 0.251 e. The lowest BCUT2D eigenvalue weighted by atomic mass is 10.2. The van der Waals surface area contributed by atoms with E-state index in [9.17, 15) is 4.79 Å². The second kappa shape index (κ2) is 5.92. The van der Waals surface area contributed by atoms with Gasteiger partial charge in [-0.1, -0.05) is 34.2 Å². The monoisotopic (exact) mass is 387 g/mol. The lowest BCUT2D eigenvalue weighted by molar-refractivity contribution is 0.0956. The molecule has 2 nitrogen and oxygen atoms in total. The fourth-order valence-electron chi connectivity index (χ4n) is 0.900. The first kappa shape index (κ1) is 12.3. The summed E-state index contributed by atoms with van der Waals surface area (Å²) < 4.78 is 1.64. The van der Waals surface area contributed by atoms with Crippen molar-refractivity contribution in [1.82, 2.24) is 5.32 Å². The first-order valence-corrected chi connectivity index (χ1v) is 6.64. The summed E-state index contributed by atoms with van der Waals surface area (Å²) in [5, 5.41) is 3.39. The molecule has 0 bridgehead atoms. The van der Waals surface area contributed by atoms with Crippen molar-refractivity contribution in [3.8, 4) is 0 Å². The molecule has 0 aliphatic carbocycles. The molecule has 76 valence electrons. The number of nitrogens with one attached hydrogen (secondary N) is 1. The molecule has 0 unspecified atom stereocenters. The Bertz CT molecular complexity index is 346. The van der Waals surface area contributed by atoms with Crippen molar-refractivity contribution < 1.29 is 4.79 Å². The van der Waals surface area contributed by atoms with E-state index in [4.69, 9.17) is 11.6 Å². The summed E-state index contributed by atoms with van der Waals surface area (Å²) >= 11 is 11.3. The van der Waals surface area contributed by atoms with Gasteiger partial charge in [-0.15, -0.1) is 0 Å². The van der Waals surface area contributed by atoms with Crippen LogP contribution in [0.25, 0.3) is 0 Å². The normalized spacial score (nSPS) is 9.93. The average Bonchev–Trinajstić information content (AvgIpc) is 2.18. The zero-order valence-corrected chi connectivity index (χ0v) is 11.7. The molecule has 0 fully saturated rings. The average molecular weight is 388 g/mol. The van der Waals surface area contributed by atoms with Gasteiger partial charge >= 0.3 is 0 Å². The lowest BCUT2D eigenvalue weighted by Gasteiger charge is -2.03. The minimum Gasteiger partial charge on any atom is -0.351 e. The Balaban J connectivity index is 2.76. The summed E-state index contributed by atoms with van der Waals surface area (Å²) in [7, 11) is 0. The number of halogens is 3. The van der Waals surface area contributed by atoms with Gasteiger partial charge in [-0.25, -0.2) is 0 Å². The van der Waals surface area contributed by atoms with E-state index in [1.807, 2.05) is 0 Å². The van der Waals surface area contributed by atoms with Crippen LogP contribution in [0.3, 0.4) is 0 Å². The molecule has 0 aliphatic rings. The van der Waals surface area contributed by atoms with E-state index in [-0.39, 0.29) is 5.91 Å². The predicted molar refractivity (Wildman–Crippen MR) is 70.4 cm³/mol. The number of rotatable bonds is 3. The summed E-state index contributed by atoms with van der Waals surface area (Å²) in [5.41, 5.74) is 0.617. The summed E-state index contributed by atoms with van der Waals surface area (Å²) in [6.45, 7) is 0.680. The van der Waals surface area contributed by atoms with Gasteiger partial charge in [0.15, 0.2) is 0 Å². The van der Waals surface area contributed by atoms with Crippen LogP contribution in [0.2, 0.25) is 5.02 Å². The first-order valence-electron chi connectivity index (χ1n) is 3.94. The molecule has 0 aliphatic heterocycles. The van der Waals surface area contributed by atoms with Crippen molar-refractivity contribution in [3.05, 3.63) is 33.3 Å². The van der Waals surface area contributed by atoms with Crippen molar-refractivity contribution >= 4 is 56.0 Å². The Morgan fingerprint density at radius 3 is 2.86 bits per heavy atom. The standard InChI is InChI=1S/C9H8BrClINO/c10-7-5-6(1-2-8(7)11)9(14)13-4-3-12/h1-2,5H,3-4H2,(H,13,14). The predicted octanol–water partition coefficient (Wildman–Crippen LogP) is 3.27. The van der Waals surface area contributed by atoms with Crippen molar-refractivity contribution in [2.75, 3.05) is 11.0 Å². The molecule has 0 spiro atoms. The van der Waals surface area contributed by atoms with Crippen molar-refractivity contribution in [3.63, 3.8) is 0 Å². The molecule has 0 radical (unpaired) electrons. The summed E-state index contributed by atoms with van der Waals surface area (Å²) in [4.78, 5) is 11.5. The molecule has 1 amide bonds. The number of carbonyl (C=O) groups is 1. The third-order valence-electron chi connectivity index (χ3n) is 1.56. The number of amides is 1. The maximum atomic E-state index is 11.5. The summed E-state index contributed by atoms with van der Waals surface area (Å²) in [6, 6.07) is 5.12. The fourth-order valence-corrected chi connectivity index (χ4v) is 1.67. The highest BCUT2D eigenvalue weighted by atomic mass is 127. The Kier molecular flexibility index (Phi) is 5.19. The molecule has 14 heavy (non-hydrogen) atoms. The molecule has 1 rings (SSSR count). The number of benzene rings is 1. The van der Waals surface area contributed by atoms with Crippen LogP contribution in [0.15, 0.2) is 22.7 Å². The van der Waals surface area contributed by atoms with Crippen LogP contribution in [0.5, 0.6) is 0 Å². The third kappa shape index (κ3) is 3.40. The van der Waals surface area contributed by atoms with Gasteiger partial charge in [0, 0.05) is 21.0 Å². The van der Waals surface area contributed by atoms with Crippen molar-refractivity contribution in [1.29, 1.82) is 0 Å². The van der Waals surface area contributed by atoms with E-state index < -0.39 is 0 Å². The Morgan fingerprint density at radius 2 is 2.29 bits per heavy atom. The van der Waals surface area contributed by atoms with Gasteiger partial charge < -0.3 is 5.32 Å². The van der Waals surface area contributed by atoms with Crippen LogP contribution < -0.4 is 5.32 Å². The SMILES string of the molecule is O=C(NCCI)c1ccc(Cl)c(Br)c1. The molecule has 1 aromatic carbocycles. The molecule has 1 N–H and O–H groups in total. The number of hydrogen-bond donors (Lipinski definition) is 1. The molecule has 0 saturated carbocycles. The maximum absolute atomic E-state index is 11.5. The zero-order valence-electron chi connectivity index (χ0n) is 7.19.